The van der Waals surface area contributed by atoms with Gasteiger partial charge >= 0.3 is 11.5 Å². The lowest BCUT2D eigenvalue weighted by molar-refractivity contribution is -0.0328. The molecule has 1 N–H and O–H groups in total. The number of halogens is 4. The smallest absolute Gasteiger partial charge is 0.322 e. The van der Waals surface area contributed by atoms with E-state index in [9.17, 15) is 22.4 Å². The molecule has 1 fully saturated rings. The molecule has 2 aromatic carbocycles. The summed E-state index contributed by atoms with van der Waals surface area (Å²) in [6.07, 6.45) is 0. The van der Waals surface area contributed by atoms with Gasteiger partial charge in [0.05, 0.1) is 0 Å². The molecule has 1 aliphatic heterocycles. The molecule has 0 aromatic heterocycles. The van der Waals surface area contributed by atoms with E-state index in [2.05, 4.69) is 10.2 Å². The number of carbonyl (C=O) groups excluding carboxylic acids is 1. The molecule has 3 rings (SSSR count). The number of anilines is 1. The molecule has 4 nitrogen and oxygen atoms in total. The van der Waals surface area contributed by atoms with Crippen molar-refractivity contribution in [2.75, 3.05) is 31.5 Å². The van der Waals surface area contributed by atoms with Crippen molar-refractivity contribution in [3.05, 3.63) is 59.9 Å². The van der Waals surface area contributed by atoms with Gasteiger partial charge in [-0.3, -0.25) is 4.90 Å². The molecule has 0 spiro atoms. The van der Waals surface area contributed by atoms with Gasteiger partial charge in [-0.2, -0.15) is 13.2 Å². The molecule has 28 heavy (non-hydrogen) atoms. The maximum Gasteiger partial charge on any atom is 0.446 e. The molecule has 1 heterocycles. The van der Waals surface area contributed by atoms with Gasteiger partial charge in [-0.1, -0.05) is 18.2 Å². The first-order chi connectivity index (χ1) is 13.3. The van der Waals surface area contributed by atoms with Crippen molar-refractivity contribution in [2.45, 2.75) is 16.9 Å². The van der Waals surface area contributed by atoms with E-state index in [-0.39, 0.29) is 28.5 Å². The number of nitrogens with one attached hydrogen (secondary N) is 1. The van der Waals surface area contributed by atoms with Gasteiger partial charge in [0, 0.05) is 43.3 Å². The van der Waals surface area contributed by atoms with Crippen LogP contribution in [0.5, 0.6) is 0 Å². The zero-order valence-electron chi connectivity index (χ0n) is 14.9. The zero-order valence-corrected chi connectivity index (χ0v) is 15.7. The molecule has 150 valence electrons. The van der Waals surface area contributed by atoms with Crippen LogP contribution in [0.15, 0.2) is 53.4 Å². The second-order valence-corrected chi connectivity index (χ2v) is 7.53. The molecule has 2 aromatic rings. The lowest BCUT2D eigenvalue weighted by Crippen LogP contribution is -2.49. The van der Waals surface area contributed by atoms with Crippen LogP contribution in [0.4, 0.5) is 28.0 Å². The highest BCUT2D eigenvalue weighted by Gasteiger charge is 2.29. The number of amides is 2. The van der Waals surface area contributed by atoms with Gasteiger partial charge in [-0.15, -0.1) is 0 Å². The van der Waals surface area contributed by atoms with Crippen LogP contribution in [0.25, 0.3) is 0 Å². The summed E-state index contributed by atoms with van der Waals surface area (Å²) in [5.41, 5.74) is -3.05. The van der Waals surface area contributed by atoms with Gasteiger partial charge in [0.15, 0.2) is 0 Å². The monoisotopic (exact) mass is 413 g/mol. The summed E-state index contributed by atoms with van der Waals surface area (Å²) >= 11 is -0.215. The Labute approximate surface area is 164 Å². The van der Waals surface area contributed by atoms with E-state index < -0.39 is 5.51 Å². The van der Waals surface area contributed by atoms with E-state index in [4.69, 9.17) is 0 Å². The van der Waals surface area contributed by atoms with Crippen molar-refractivity contribution in [1.29, 1.82) is 0 Å². The van der Waals surface area contributed by atoms with Crippen molar-refractivity contribution in [3.8, 4) is 0 Å². The van der Waals surface area contributed by atoms with E-state index in [1.807, 2.05) is 0 Å². The summed E-state index contributed by atoms with van der Waals surface area (Å²) in [7, 11) is 0. The number of piperazine rings is 1. The number of nitrogens with zero attached hydrogens (tertiary/aromatic N) is 2. The molecule has 1 saturated heterocycles. The van der Waals surface area contributed by atoms with Crippen LogP contribution < -0.4 is 5.32 Å². The summed E-state index contributed by atoms with van der Waals surface area (Å²) in [6, 6.07) is 11.7. The normalized spacial score (nSPS) is 15.5. The van der Waals surface area contributed by atoms with Crippen molar-refractivity contribution in [2.24, 2.45) is 0 Å². The molecular weight excluding hydrogens is 394 g/mol. The molecule has 1 aliphatic rings. The average Bonchev–Trinajstić information content (AvgIpc) is 2.63. The number of urea groups is 1. The summed E-state index contributed by atoms with van der Waals surface area (Å²) in [4.78, 5) is 16.2. The molecule has 0 atom stereocenters. The number of alkyl halides is 3. The van der Waals surface area contributed by atoms with Gasteiger partial charge in [0.2, 0.25) is 0 Å². The molecule has 2 amide bonds. The molecule has 0 bridgehead atoms. The van der Waals surface area contributed by atoms with E-state index >= 15 is 0 Å². The van der Waals surface area contributed by atoms with Crippen molar-refractivity contribution in [1.82, 2.24) is 9.80 Å². The number of rotatable bonds is 4. The highest BCUT2D eigenvalue weighted by Crippen LogP contribution is 2.37. The highest BCUT2D eigenvalue weighted by molar-refractivity contribution is 8.00. The first-order valence-electron chi connectivity index (χ1n) is 8.67. The molecule has 0 saturated carbocycles. The number of carbonyl (C=O) groups is 1. The third kappa shape index (κ3) is 6.13. The number of benzene rings is 2. The minimum atomic E-state index is -4.37. The maximum atomic E-state index is 13.0. The molecule has 9 heteroatoms. The molecule has 0 aliphatic carbocycles. The highest BCUT2D eigenvalue weighted by atomic mass is 32.2. The summed E-state index contributed by atoms with van der Waals surface area (Å²) < 4.78 is 50.4. The van der Waals surface area contributed by atoms with Crippen LogP contribution in [-0.2, 0) is 6.54 Å². The van der Waals surface area contributed by atoms with Crippen LogP contribution in [-0.4, -0.2) is 47.5 Å². The third-order valence-electron chi connectivity index (χ3n) is 4.30. The number of hydrogen-bond donors (Lipinski definition) is 1. The Bertz CT molecular complexity index is 806. The Morgan fingerprint density at radius 2 is 1.71 bits per heavy atom. The Kier molecular flexibility index (Phi) is 6.46. The Hall–Kier alpha value is -2.26. The Morgan fingerprint density at radius 3 is 2.36 bits per heavy atom. The van der Waals surface area contributed by atoms with Crippen molar-refractivity contribution >= 4 is 23.5 Å². The average molecular weight is 413 g/mol. The minimum Gasteiger partial charge on any atom is -0.322 e. The quantitative estimate of drug-likeness (QED) is 0.579. The predicted octanol–water partition coefficient (Wildman–Crippen LogP) is 4.79. The van der Waals surface area contributed by atoms with Gasteiger partial charge < -0.3 is 10.2 Å². The van der Waals surface area contributed by atoms with E-state index in [1.54, 1.807) is 23.1 Å². The van der Waals surface area contributed by atoms with Crippen LogP contribution in [0.3, 0.4) is 0 Å². The van der Waals surface area contributed by atoms with Crippen LogP contribution in [0.2, 0.25) is 0 Å². The SMILES string of the molecule is O=C(Nc1cccc(SC(F)(F)F)c1)N1CCN(Cc2ccc(F)cc2)CC1. The lowest BCUT2D eigenvalue weighted by Gasteiger charge is -2.34. The van der Waals surface area contributed by atoms with E-state index in [0.29, 0.717) is 38.4 Å². The predicted molar refractivity (Wildman–Crippen MR) is 101 cm³/mol. The Balaban J connectivity index is 1.50. The fourth-order valence-corrected chi connectivity index (χ4v) is 3.53. The fourth-order valence-electron chi connectivity index (χ4n) is 2.93. The third-order valence-corrected chi connectivity index (χ3v) is 5.02. The summed E-state index contributed by atoms with van der Waals surface area (Å²) in [5, 5.41) is 2.65. The van der Waals surface area contributed by atoms with Crippen molar-refractivity contribution < 1.29 is 22.4 Å². The lowest BCUT2D eigenvalue weighted by atomic mass is 10.2. The first kappa shape index (κ1) is 20.5. The standard InChI is InChI=1S/C19H19F4N3OS/c20-15-6-4-14(5-7-15)13-25-8-10-26(11-9-25)18(27)24-16-2-1-3-17(12-16)28-19(21,22)23/h1-7,12H,8-11,13H2,(H,24,27). The summed E-state index contributed by atoms with van der Waals surface area (Å²) in [5.74, 6) is -0.275. The Morgan fingerprint density at radius 1 is 1.04 bits per heavy atom. The van der Waals surface area contributed by atoms with Crippen LogP contribution in [0, 0.1) is 5.82 Å². The fraction of sp³-hybridized carbons (Fsp3) is 0.316. The molecular formula is C19H19F4N3OS. The van der Waals surface area contributed by atoms with Crippen LogP contribution >= 0.6 is 11.8 Å². The second-order valence-electron chi connectivity index (χ2n) is 6.40. The number of hydrogen-bond acceptors (Lipinski definition) is 3. The number of thioether (sulfide) groups is 1. The minimum absolute atomic E-state index is 0.0226. The van der Waals surface area contributed by atoms with E-state index in [0.717, 1.165) is 5.56 Å². The summed E-state index contributed by atoms with van der Waals surface area (Å²) in [6.45, 7) is 3.00. The van der Waals surface area contributed by atoms with Crippen LogP contribution in [0.1, 0.15) is 5.56 Å². The van der Waals surface area contributed by atoms with Crippen molar-refractivity contribution in [3.63, 3.8) is 0 Å². The van der Waals surface area contributed by atoms with E-state index in [1.165, 1.54) is 30.3 Å². The van der Waals surface area contributed by atoms with Gasteiger partial charge in [-0.05, 0) is 47.7 Å². The van der Waals surface area contributed by atoms with Gasteiger partial charge in [0.1, 0.15) is 5.82 Å². The molecule has 0 unspecified atom stereocenters. The van der Waals surface area contributed by atoms with Gasteiger partial charge in [-0.25, -0.2) is 9.18 Å². The maximum absolute atomic E-state index is 13.0. The largest absolute Gasteiger partial charge is 0.446 e. The topological polar surface area (TPSA) is 35.6 Å². The first-order valence-corrected chi connectivity index (χ1v) is 9.49. The zero-order chi connectivity index (χ0) is 20.1. The molecule has 0 radical (unpaired) electrons. The van der Waals surface area contributed by atoms with Gasteiger partial charge in [0.25, 0.3) is 0 Å². The second kappa shape index (κ2) is 8.83.